The van der Waals surface area contributed by atoms with Crippen LogP contribution in [0.25, 0.3) is 0 Å². The van der Waals surface area contributed by atoms with Gasteiger partial charge in [0.1, 0.15) is 0 Å². The van der Waals surface area contributed by atoms with E-state index < -0.39 is 0 Å². The molecule has 16 heavy (non-hydrogen) atoms. The summed E-state index contributed by atoms with van der Waals surface area (Å²) in [6.07, 6.45) is 2.00. The molecule has 0 saturated heterocycles. The summed E-state index contributed by atoms with van der Waals surface area (Å²) in [6, 6.07) is 0.129. The highest BCUT2D eigenvalue weighted by molar-refractivity contribution is 5.78. The van der Waals surface area contributed by atoms with E-state index in [1.54, 1.807) is 7.11 Å². The minimum atomic E-state index is -0.0289. The van der Waals surface area contributed by atoms with Crippen LogP contribution in [-0.2, 0) is 9.53 Å². The molecule has 0 fully saturated rings. The number of hydrogen-bond acceptors (Lipinski definition) is 3. The minimum Gasteiger partial charge on any atom is -0.383 e. The molecule has 0 radical (unpaired) electrons. The van der Waals surface area contributed by atoms with Gasteiger partial charge in [0.25, 0.3) is 0 Å². The second kappa shape index (κ2) is 7.63. The van der Waals surface area contributed by atoms with Gasteiger partial charge in [-0.3, -0.25) is 4.79 Å². The number of carbonyl (C=O) groups excluding carboxylic acids is 1. The maximum absolute atomic E-state index is 11.6. The second-order valence-corrected chi connectivity index (χ2v) is 5.11. The van der Waals surface area contributed by atoms with Crippen LogP contribution in [0, 0.1) is 0 Å². The molecule has 0 aliphatic heterocycles. The van der Waals surface area contributed by atoms with E-state index in [0.29, 0.717) is 13.2 Å². The summed E-state index contributed by atoms with van der Waals surface area (Å²) in [5, 5.41) is 6.12. The van der Waals surface area contributed by atoms with E-state index in [9.17, 15) is 4.79 Å². The van der Waals surface area contributed by atoms with Crippen molar-refractivity contribution >= 4 is 5.91 Å². The molecule has 0 bridgehead atoms. The summed E-state index contributed by atoms with van der Waals surface area (Å²) >= 11 is 0. The molecule has 0 aromatic rings. The lowest BCUT2D eigenvalue weighted by molar-refractivity contribution is -0.121. The fraction of sp³-hybridized carbons (Fsp3) is 0.917. The van der Waals surface area contributed by atoms with E-state index >= 15 is 0 Å². The summed E-state index contributed by atoms with van der Waals surface area (Å²) < 4.78 is 5.07. The van der Waals surface area contributed by atoms with Crippen molar-refractivity contribution in [2.45, 2.75) is 52.1 Å². The molecule has 0 rings (SSSR count). The van der Waals surface area contributed by atoms with Crippen LogP contribution < -0.4 is 10.6 Å². The number of rotatable bonds is 7. The SMILES string of the molecule is CCCC(COC)NC(=O)CNC(C)(C)C. The van der Waals surface area contributed by atoms with E-state index in [4.69, 9.17) is 4.74 Å². The number of carbonyl (C=O) groups is 1. The van der Waals surface area contributed by atoms with Gasteiger partial charge in [0.15, 0.2) is 0 Å². The van der Waals surface area contributed by atoms with Crippen molar-refractivity contribution < 1.29 is 9.53 Å². The quantitative estimate of drug-likeness (QED) is 0.693. The molecule has 4 nitrogen and oxygen atoms in total. The van der Waals surface area contributed by atoms with Crippen LogP contribution >= 0.6 is 0 Å². The molecule has 0 saturated carbocycles. The van der Waals surface area contributed by atoms with Gasteiger partial charge < -0.3 is 15.4 Å². The Morgan fingerprint density at radius 2 is 2.00 bits per heavy atom. The summed E-state index contributed by atoms with van der Waals surface area (Å²) in [4.78, 5) is 11.6. The van der Waals surface area contributed by atoms with Gasteiger partial charge in [0.05, 0.1) is 19.2 Å². The lowest BCUT2D eigenvalue weighted by Gasteiger charge is -2.22. The Bertz CT molecular complexity index is 194. The third kappa shape index (κ3) is 8.68. The second-order valence-electron chi connectivity index (χ2n) is 5.11. The molecule has 96 valence electrons. The first-order chi connectivity index (χ1) is 7.39. The van der Waals surface area contributed by atoms with Crippen molar-refractivity contribution in [3.63, 3.8) is 0 Å². The standard InChI is InChI=1S/C12H26N2O2/c1-6-7-10(9-16-5)14-11(15)8-13-12(2,3)4/h10,13H,6-9H2,1-5H3,(H,14,15). The Morgan fingerprint density at radius 3 is 2.44 bits per heavy atom. The van der Waals surface area contributed by atoms with Crippen LogP contribution in [0.2, 0.25) is 0 Å². The van der Waals surface area contributed by atoms with E-state index in [-0.39, 0.29) is 17.5 Å². The van der Waals surface area contributed by atoms with Crippen LogP contribution in [0.1, 0.15) is 40.5 Å². The average Bonchev–Trinajstić information content (AvgIpc) is 2.14. The first-order valence-corrected chi connectivity index (χ1v) is 5.92. The van der Waals surface area contributed by atoms with E-state index in [0.717, 1.165) is 12.8 Å². The van der Waals surface area contributed by atoms with Crippen LogP contribution in [0.15, 0.2) is 0 Å². The van der Waals surface area contributed by atoms with Crippen molar-refractivity contribution in [1.82, 2.24) is 10.6 Å². The van der Waals surface area contributed by atoms with E-state index in [1.807, 2.05) is 20.8 Å². The average molecular weight is 230 g/mol. The van der Waals surface area contributed by atoms with Gasteiger partial charge in [0.2, 0.25) is 5.91 Å². The van der Waals surface area contributed by atoms with Gasteiger partial charge in [-0.1, -0.05) is 13.3 Å². The van der Waals surface area contributed by atoms with Crippen molar-refractivity contribution in [2.75, 3.05) is 20.3 Å². The lowest BCUT2D eigenvalue weighted by atomic mass is 10.1. The highest BCUT2D eigenvalue weighted by Gasteiger charge is 2.14. The first kappa shape index (κ1) is 15.4. The highest BCUT2D eigenvalue weighted by atomic mass is 16.5. The summed E-state index contributed by atoms with van der Waals surface area (Å²) in [5.41, 5.74) is -0.0289. The predicted molar refractivity (Wildman–Crippen MR) is 66.5 cm³/mol. The zero-order valence-electron chi connectivity index (χ0n) is 11.2. The van der Waals surface area contributed by atoms with Crippen LogP contribution in [0.4, 0.5) is 0 Å². The molecule has 0 aromatic carbocycles. The Balaban J connectivity index is 3.90. The van der Waals surface area contributed by atoms with Crippen LogP contribution in [0.3, 0.4) is 0 Å². The zero-order valence-corrected chi connectivity index (χ0v) is 11.2. The summed E-state index contributed by atoms with van der Waals surface area (Å²) in [5.74, 6) is 0.0328. The van der Waals surface area contributed by atoms with Gasteiger partial charge >= 0.3 is 0 Å². The lowest BCUT2D eigenvalue weighted by Crippen LogP contribution is -2.47. The van der Waals surface area contributed by atoms with Gasteiger partial charge in [-0.2, -0.15) is 0 Å². The number of hydrogen-bond donors (Lipinski definition) is 2. The van der Waals surface area contributed by atoms with E-state index in [1.165, 1.54) is 0 Å². The fourth-order valence-corrected chi connectivity index (χ4v) is 1.37. The van der Waals surface area contributed by atoms with Gasteiger partial charge in [-0.05, 0) is 27.2 Å². The van der Waals surface area contributed by atoms with Crippen molar-refractivity contribution in [1.29, 1.82) is 0 Å². The number of nitrogens with one attached hydrogen (secondary N) is 2. The summed E-state index contributed by atoms with van der Waals surface area (Å²) in [7, 11) is 1.65. The highest BCUT2D eigenvalue weighted by Crippen LogP contribution is 1.99. The molecular weight excluding hydrogens is 204 g/mol. The van der Waals surface area contributed by atoms with Gasteiger partial charge in [-0.15, -0.1) is 0 Å². The molecule has 0 aliphatic carbocycles. The Kier molecular flexibility index (Phi) is 7.34. The number of amides is 1. The number of ether oxygens (including phenoxy) is 1. The third-order valence-corrected chi connectivity index (χ3v) is 2.15. The molecule has 0 aromatic heterocycles. The third-order valence-electron chi connectivity index (χ3n) is 2.15. The van der Waals surface area contributed by atoms with Crippen molar-refractivity contribution in [2.24, 2.45) is 0 Å². The first-order valence-electron chi connectivity index (χ1n) is 5.92. The van der Waals surface area contributed by atoms with Crippen LogP contribution in [-0.4, -0.2) is 37.7 Å². The van der Waals surface area contributed by atoms with Gasteiger partial charge in [-0.25, -0.2) is 0 Å². The number of methoxy groups -OCH3 is 1. The van der Waals surface area contributed by atoms with Crippen molar-refractivity contribution in [3.8, 4) is 0 Å². The summed E-state index contributed by atoms with van der Waals surface area (Å²) in [6.45, 7) is 9.15. The molecular formula is C12H26N2O2. The Hall–Kier alpha value is -0.610. The zero-order chi connectivity index (χ0) is 12.6. The largest absolute Gasteiger partial charge is 0.383 e. The molecule has 4 heteroatoms. The Labute approximate surface area is 99.1 Å². The maximum Gasteiger partial charge on any atom is 0.234 e. The molecule has 1 amide bonds. The molecule has 0 aliphatic rings. The molecule has 2 N–H and O–H groups in total. The Morgan fingerprint density at radius 1 is 1.38 bits per heavy atom. The fourth-order valence-electron chi connectivity index (χ4n) is 1.37. The minimum absolute atomic E-state index is 0.0289. The topological polar surface area (TPSA) is 50.4 Å². The van der Waals surface area contributed by atoms with E-state index in [2.05, 4.69) is 17.6 Å². The van der Waals surface area contributed by atoms with Gasteiger partial charge in [0, 0.05) is 12.6 Å². The molecule has 1 unspecified atom stereocenters. The molecule has 1 atom stereocenters. The monoisotopic (exact) mass is 230 g/mol. The maximum atomic E-state index is 11.6. The smallest absolute Gasteiger partial charge is 0.234 e. The molecule has 0 spiro atoms. The van der Waals surface area contributed by atoms with Crippen molar-refractivity contribution in [3.05, 3.63) is 0 Å². The normalized spacial score (nSPS) is 13.6. The predicted octanol–water partition coefficient (Wildman–Crippen LogP) is 1.31. The molecule has 0 heterocycles. The van der Waals surface area contributed by atoms with Crippen LogP contribution in [0.5, 0.6) is 0 Å².